The van der Waals surface area contributed by atoms with Gasteiger partial charge in [-0.15, -0.1) is 0 Å². The van der Waals surface area contributed by atoms with Crippen molar-refractivity contribution in [2.75, 3.05) is 6.61 Å². The van der Waals surface area contributed by atoms with Crippen LogP contribution in [0.5, 0.6) is 5.75 Å². The molecule has 0 spiro atoms. The lowest BCUT2D eigenvalue weighted by atomic mass is 9.85. The van der Waals surface area contributed by atoms with E-state index in [2.05, 4.69) is 30.1 Å². The highest BCUT2D eigenvalue weighted by molar-refractivity contribution is 5.85. The minimum atomic E-state index is 0.434. The van der Waals surface area contributed by atoms with Crippen molar-refractivity contribution in [3.8, 4) is 5.75 Å². The van der Waals surface area contributed by atoms with Crippen molar-refractivity contribution in [1.29, 1.82) is 0 Å². The number of allylic oxidation sites excluding steroid dienone is 2. The van der Waals surface area contributed by atoms with Crippen LogP contribution in [0.4, 0.5) is 0 Å². The summed E-state index contributed by atoms with van der Waals surface area (Å²) in [5.41, 5.74) is 7.57. The van der Waals surface area contributed by atoms with Gasteiger partial charge >= 0.3 is 0 Å². The smallest absolute Gasteiger partial charge is 0.130 e. The Bertz CT molecular complexity index is 651. The predicted octanol–water partition coefficient (Wildman–Crippen LogP) is 3.67. The van der Waals surface area contributed by atoms with Crippen molar-refractivity contribution < 1.29 is 4.74 Å². The molecule has 1 aromatic carbocycles. The summed E-state index contributed by atoms with van der Waals surface area (Å²) in [7, 11) is 0. The number of aromatic nitrogens is 1. The summed E-state index contributed by atoms with van der Waals surface area (Å²) in [5, 5.41) is 1.06. The van der Waals surface area contributed by atoms with Crippen LogP contribution >= 0.6 is 0 Å². The highest BCUT2D eigenvalue weighted by Crippen LogP contribution is 2.29. The van der Waals surface area contributed by atoms with Crippen molar-refractivity contribution in [2.45, 2.75) is 26.3 Å². The van der Waals surface area contributed by atoms with Gasteiger partial charge in [0.1, 0.15) is 5.75 Å². The van der Waals surface area contributed by atoms with E-state index in [1.807, 2.05) is 24.3 Å². The number of pyridine rings is 1. The van der Waals surface area contributed by atoms with Crippen LogP contribution in [0.15, 0.2) is 42.5 Å². The molecule has 2 aromatic rings. The Labute approximate surface area is 125 Å². The molecule has 0 bridgehead atoms. The van der Waals surface area contributed by atoms with E-state index in [9.17, 15) is 0 Å². The van der Waals surface area contributed by atoms with Gasteiger partial charge in [0, 0.05) is 18.0 Å². The van der Waals surface area contributed by atoms with E-state index in [1.54, 1.807) is 0 Å². The summed E-state index contributed by atoms with van der Waals surface area (Å²) in [6.45, 7) is 3.49. The average molecular weight is 282 g/mol. The molecule has 2 N–H and O–H groups in total. The van der Waals surface area contributed by atoms with Gasteiger partial charge in [-0.1, -0.05) is 31.2 Å². The maximum Gasteiger partial charge on any atom is 0.130 e. The largest absolute Gasteiger partial charge is 0.493 e. The second-order valence-electron chi connectivity index (χ2n) is 5.82. The van der Waals surface area contributed by atoms with Crippen LogP contribution in [0.1, 0.15) is 25.5 Å². The van der Waals surface area contributed by atoms with E-state index in [-0.39, 0.29) is 0 Å². The van der Waals surface area contributed by atoms with Crippen molar-refractivity contribution >= 4 is 10.9 Å². The second-order valence-corrected chi connectivity index (χ2v) is 5.82. The number of para-hydroxylation sites is 1. The average Bonchev–Trinajstić information content (AvgIpc) is 2.53. The fourth-order valence-electron chi connectivity index (χ4n) is 2.86. The number of fused-ring (bicyclic) bond motifs is 1. The number of nitrogens with two attached hydrogens (primary N) is 1. The Morgan fingerprint density at radius 2 is 2.05 bits per heavy atom. The lowest BCUT2D eigenvalue weighted by Gasteiger charge is -2.25. The third-order valence-corrected chi connectivity index (χ3v) is 4.31. The molecular formula is C18H22N2O. The third-order valence-electron chi connectivity index (χ3n) is 4.31. The highest BCUT2D eigenvalue weighted by atomic mass is 16.5. The lowest BCUT2D eigenvalue weighted by Crippen LogP contribution is -2.21. The van der Waals surface area contributed by atoms with Crippen LogP contribution in [0.2, 0.25) is 0 Å². The monoisotopic (exact) mass is 282 g/mol. The topological polar surface area (TPSA) is 48.1 Å². The molecule has 0 fully saturated rings. The number of benzene rings is 1. The van der Waals surface area contributed by atoms with E-state index in [0.29, 0.717) is 18.4 Å². The van der Waals surface area contributed by atoms with Gasteiger partial charge in [-0.25, -0.2) is 0 Å². The molecule has 1 aliphatic rings. The van der Waals surface area contributed by atoms with Gasteiger partial charge in [-0.2, -0.15) is 0 Å². The van der Waals surface area contributed by atoms with Crippen LogP contribution < -0.4 is 10.5 Å². The van der Waals surface area contributed by atoms with Crippen LogP contribution in [-0.4, -0.2) is 11.6 Å². The molecule has 2 unspecified atom stereocenters. The zero-order valence-electron chi connectivity index (χ0n) is 12.5. The van der Waals surface area contributed by atoms with E-state index < -0.39 is 0 Å². The van der Waals surface area contributed by atoms with Gasteiger partial charge in [0.15, 0.2) is 0 Å². The van der Waals surface area contributed by atoms with E-state index in [0.717, 1.165) is 41.8 Å². The Balaban J connectivity index is 1.84. The van der Waals surface area contributed by atoms with Gasteiger partial charge in [0.2, 0.25) is 0 Å². The number of nitrogens with zero attached hydrogens (tertiary/aromatic N) is 1. The van der Waals surface area contributed by atoms with Crippen molar-refractivity contribution in [3.05, 3.63) is 48.2 Å². The first-order valence-electron chi connectivity index (χ1n) is 7.64. The summed E-state index contributed by atoms with van der Waals surface area (Å²) in [4.78, 5) is 4.55. The summed E-state index contributed by atoms with van der Waals surface area (Å²) in [6, 6.07) is 10.1. The molecule has 0 saturated carbocycles. The third kappa shape index (κ3) is 3.08. The second kappa shape index (κ2) is 6.27. The molecule has 21 heavy (non-hydrogen) atoms. The molecule has 0 saturated heterocycles. The van der Waals surface area contributed by atoms with Gasteiger partial charge in [-0.3, -0.25) is 4.98 Å². The summed E-state index contributed by atoms with van der Waals surface area (Å²) in [5.74, 6) is 2.17. The summed E-state index contributed by atoms with van der Waals surface area (Å²) in [6.07, 6.45) is 6.80. The molecule has 0 radical (unpaired) electrons. The lowest BCUT2D eigenvalue weighted by molar-refractivity contribution is 0.200. The number of hydrogen-bond acceptors (Lipinski definition) is 3. The van der Waals surface area contributed by atoms with E-state index in [1.165, 1.54) is 0 Å². The Hall–Kier alpha value is -1.87. The zero-order chi connectivity index (χ0) is 14.7. The molecule has 0 aliphatic heterocycles. The first-order valence-corrected chi connectivity index (χ1v) is 7.64. The Morgan fingerprint density at radius 1 is 1.24 bits per heavy atom. The molecule has 2 atom stereocenters. The van der Waals surface area contributed by atoms with Crippen LogP contribution in [0.3, 0.4) is 0 Å². The summed E-state index contributed by atoms with van der Waals surface area (Å²) < 4.78 is 6.14. The first-order chi connectivity index (χ1) is 10.3. The summed E-state index contributed by atoms with van der Waals surface area (Å²) >= 11 is 0. The molecule has 3 rings (SSSR count). The Kier molecular flexibility index (Phi) is 4.20. The minimum Gasteiger partial charge on any atom is -0.493 e. The molecule has 1 heterocycles. The fourth-order valence-corrected chi connectivity index (χ4v) is 2.86. The van der Waals surface area contributed by atoms with Crippen molar-refractivity contribution in [1.82, 2.24) is 4.98 Å². The molecule has 3 heteroatoms. The van der Waals surface area contributed by atoms with E-state index >= 15 is 0 Å². The van der Waals surface area contributed by atoms with Crippen LogP contribution in [0, 0.1) is 11.8 Å². The van der Waals surface area contributed by atoms with Crippen molar-refractivity contribution in [2.24, 2.45) is 17.6 Å². The number of hydrogen-bond donors (Lipinski definition) is 1. The van der Waals surface area contributed by atoms with Crippen LogP contribution in [0.25, 0.3) is 10.9 Å². The zero-order valence-corrected chi connectivity index (χ0v) is 12.5. The highest BCUT2D eigenvalue weighted by Gasteiger charge is 2.19. The standard InChI is InChI=1S/C18H22N2O/c1-13-6-2-3-7-14(13)12-21-18-10-15(11-19)20-17-9-5-4-8-16(17)18/h2-5,8-10,13-14H,6-7,11-12,19H2,1H3. The molecule has 0 amide bonds. The first kappa shape index (κ1) is 14.1. The molecule has 3 nitrogen and oxygen atoms in total. The minimum absolute atomic E-state index is 0.434. The van der Waals surface area contributed by atoms with Crippen molar-refractivity contribution in [3.63, 3.8) is 0 Å². The molecular weight excluding hydrogens is 260 g/mol. The Morgan fingerprint density at radius 3 is 2.86 bits per heavy atom. The SMILES string of the molecule is CC1CC=CCC1COc1cc(CN)nc2ccccc12. The maximum absolute atomic E-state index is 6.14. The maximum atomic E-state index is 6.14. The number of rotatable bonds is 4. The quantitative estimate of drug-likeness (QED) is 0.870. The fraction of sp³-hybridized carbons (Fsp3) is 0.389. The van der Waals surface area contributed by atoms with Gasteiger partial charge in [0.25, 0.3) is 0 Å². The van der Waals surface area contributed by atoms with E-state index in [4.69, 9.17) is 10.5 Å². The van der Waals surface area contributed by atoms with Gasteiger partial charge in [0.05, 0.1) is 17.8 Å². The van der Waals surface area contributed by atoms with Crippen LogP contribution in [-0.2, 0) is 6.54 Å². The normalized spacial score (nSPS) is 21.6. The molecule has 1 aliphatic carbocycles. The van der Waals surface area contributed by atoms with Gasteiger partial charge in [-0.05, 0) is 36.8 Å². The molecule has 110 valence electrons. The predicted molar refractivity (Wildman–Crippen MR) is 86.2 cm³/mol. The molecule has 1 aromatic heterocycles. The van der Waals surface area contributed by atoms with Gasteiger partial charge < -0.3 is 10.5 Å². The number of ether oxygens (including phenoxy) is 1.